The van der Waals surface area contributed by atoms with Gasteiger partial charge in [0.05, 0.1) is 16.3 Å². The molecule has 1 nitrogen and oxygen atoms in total. The Kier molecular flexibility index (Phi) is 4.78. The number of carbonyl (C=O) groups excluding carboxylic acids is 1. The number of halogens is 3. The number of carbonyl (C=O) groups is 1. The second-order valence-electron chi connectivity index (χ2n) is 4.20. The highest BCUT2D eigenvalue weighted by Crippen LogP contribution is 2.27. The minimum Gasteiger partial charge on any atom is -0.293 e. The molecule has 20 heavy (non-hydrogen) atoms. The third kappa shape index (κ3) is 3.19. The summed E-state index contributed by atoms with van der Waals surface area (Å²) in [7, 11) is 0. The van der Waals surface area contributed by atoms with Gasteiger partial charge < -0.3 is 0 Å². The van der Waals surface area contributed by atoms with Gasteiger partial charge in [0.25, 0.3) is 0 Å². The van der Waals surface area contributed by atoms with Gasteiger partial charge in [-0.2, -0.15) is 0 Å². The molecule has 0 aromatic heterocycles. The number of ketones is 1. The minimum absolute atomic E-state index is 0.00313. The van der Waals surface area contributed by atoms with Gasteiger partial charge in [0.15, 0.2) is 17.4 Å². The van der Waals surface area contributed by atoms with E-state index in [2.05, 4.69) is 0 Å². The van der Waals surface area contributed by atoms with Gasteiger partial charge in [-0.05, 0) is 30.7 Å². The third-order valence-electron chi connectivity index (χ3n) is 2.77. The van der Waals surface area contributed by atoms with Crippen molar-refractivity contribution in [2.45, 2.75) is 11.8 Å². The maximum Gasteiger partial charge on any atom is 0.176 e. The average molecular weight is 313 g/mol. The Bertz CT molecular complexity index is 658. The van der Waals surface area contributed by atoms with Gasteiger partial charge >= 0.3 is 0 Å². The van der Waals surface area contributed by atoms with Crippen molar-refractivity contribution < 1.29 is 13.6 Å². The maximum absolute atomic E-state index is 13.7. The summed E-state index contributed by atoms with van der Waals surface area (Å²) in [5.41, 5.74) is -0.0505. The smallest absolute Gasteiger partial charge is 0.176 e. The van der Waals surface area contributed by atoms with Crippen LogP contribution in [0.1, 0.15) is 15.9 Å². The number of Topliss-reactive ketones (excluding diaryl/α,β-unsaturated/α-hetero) is 1. The molecule has 104 valence electrons. The molecule has 0 unspecified atom stereocenters. The van der Waals surface area contributed by atoms with E-state index in [0.29, 0.717) is 5.02 Å². The lowest BCUT2D eigenvalue weighted by Gasteiger charge is -2.06. The lowest BCUT2D eigenvalue weighted by atomic mass is 10.1. The molecule has 2 rings (SSSR count). The first-order valence-corrected chi connectivity index (χ1v) is 7.22. The molecule has 2 aromatic carbocycles. The van der Waals surface area contributed by atoms with Crippen molar-refractivity contribution in [1.29, 1.82) is 0 Å². The molecule has 0 heterocycles. The summed E-state index contributed by atoms with van der Waals surface area (Å²) in [5.74, 6) is -2.52. The van der Waals surface area contributed by atoms with E-state index in [1.54, 1.807) is 24.3 Å². The van der Waals surface area contributed by atoms with Crippen LogP contribution in [0.5, 0.6) is 0 Å². The van der Waals surface area contributed by atoms with Crippen LogP contribution in [0, 0.1) is 18.6 Å². The number of hydrogen-bond acceptors (Lipinski definition) is 2. The van der Waals surface area contributed by atoms with Crippen LogP contribution in [0.15, 0.2) is 41.3 Å². The van der Waals surface area contributed by atoms with Crippen LogP contribution in [-0.2, 0) is 0 Å². The minimum atomic E-state index is -1.09. The molecule has 0 N–H and O–H groups in total. The van der Waals surface area contributed by atoms with Crippen molar-refractivity contribution in [2.24, 2.45) is 0 Å². The van der Waals surface area contributed by atoms with E-state index in [9.17, 15) is 13.6 Å². The Balaban J connectivity index is 2.14. The predicted molar refractivity (Wildman–Crippen MR) is 77.6 cm³/mol. The molecule has 0 aliphatic carbocycles. The van der Waals surface area contributed by atoms with Crippen molar-refractivity contribution in [2.75, 3.05) is 5.75 Å². The van der Waals surface area contributed by atoms with Crippen LogP contribution in [0.25, 0.3) is 0 Å². The van der Waals surface area contributed by atoms with Gasteiger partial charge in [-0.15, -0.1) is 11.8 Å². The second kappa shape index (κ2) is 6.37. The molecule has 0 spiro atoms. The average Bonchev–Trinajstić information content (AvgIpc) is 2.44. The van der Waals surface area contributed by atoms with Gasteiger partial charge in [0.2, 0.25) is 0 Å². The highest BCUT2D eigenvalue weighted by Gasteiger charge is 2.17. The Hall–Kier alpha value is -1.39. The van der Waals surface area contributed by atoms with Crippen molar-refractivity contribution in [3.8, 4) is 0 Å². The molecule has 0 radical (unpaired) electrons. The number of benzene rings is 2. The standard InChI is InChI=1S/C15H11ClF2OS/c1-9-6-7-10(15(18)14(9)17)12(19)8-20-13-5-3-2-4-11(13)16/h2-7H,8H2,1H3. The third-order valence-corrected chi connectivity index (χ3v) is 4.29. The van der Waals surface area contributed by atoms with Gasteiger partial charge in [-0.1, -0.05) is 29.8 Å². The normalized spacial score (nSPS) is 10.6. The van der Waals surface area contributed by atoms with E-state index >= 15 is 0 Å². The monoisotopic (exact) mass is 312 g/mol. The van der Waals surface area contributed by atoms with Crippen LogP contribution < -0.4 is 0 Å². The van der Waals surface area contributed by atoms with E-state index in [1.165, 1.54) is 30.8 Å². The van der Waals surface area contributed by atoms with E-state index < -0.39 is 17.4 Å². The van der Waals surface area contributed by atoms with Crippen LogP contribution in [0.3, 0.4) is 0 Å². The van der Waals surface area contributed by atoms with Crippen LogP contribution in [0.4, 0.5) is 8.78 Å². The molecular weight excluding hydrogens is 302 g/mol. The fourth-order valence-electron chi connectivity index (χ4n) is 1.64. The van der Waals surface area contributed by atoms with E-state index in [1.807, 2.05) is 0 Å². The first kappa shape index (κ1) is 15.0. The number of aryl methyl sites for hydroxylation is 1. The maximum atomic E-state index is 13.7. The number of thioether (sulfide) groups is 1. The first-order valence-electron chi connectivity index (χ1n) is 5.86. The van der Waals surface area contributed by atoms with Gasteiger partial charge in [0.1, 0.15) is 0 Å². The molecule has 5 heteroatoms. The van der Waals surface area contributed by atoms with Crippen molar-refractivity contribution >= 4 is 29.1 Å². The van der Waals surface area contributed by atoms with Crippen LogP contribution >= 0.6 is 23.4 Å². The Morgan fingerprint density at radius 2 is 1.85 bits per heavy atom. The van der Waals surface area contributed by atoms with Gasteiger partial charge in [0, 0.05) is 4.90 Å². The van der Waals surface area contributed by atoms with Gasteiger partial charge in [-0.3, -0.25) is 4.79 Å². The molecule has 0 fully saturated rings. The zero-order chi connectivity index (χ0) is 14.7. The van der Waals surface area contributed by atoms with E-state index in [4.69, 9.17) is 11.6 Å². The topological polar surface area (TPSA) is 17.1 Å². The summed E-state index contributed by atoms with van der Waals surface area (Å²) in [6, 6.07) is 9.76. The second-order valence-corrected chi connectivity index (χ2v) is 5.62. The molecule has 0 saturated heterocycles. The highest BCUT2D eigenvalue weighted by atomic mass is 35.5. The summed E-state index contributed by atoms with van der Waals surface area (Å²) in [6.45, 7) is 1.45. The zero-order valence-electron chi connectivity index (χ0n) is 10.6. The fourth-order valence-corrected chi connectivity index (χ4v) is 2.77. The number of hydrogen-bond donors (Lipinski definition) is 0. The van der Waals surface area contributed by atoms with Crippen molar-refractivity contribution in [3.63, 3.8) is 0 Å². The molecule has 0 aliphatic rings. The summed E-state index contributed by atoms with van der Waals surface area (Å²) in [6.07, 6.45) is 0. The van der Waals surface area contributed by atoms with Crippen LogP contribution in [-0.4, -0.2) is 11.5 Å². The first-order chi connectivity index (χ1) is 9.50. The largest absolute Gasteiger partial charge is 0.293 e. The lowest BCUT2D eigenvalue weighted by Crippen LogP contribution is -2.07. The molecule has 2 aromatic rings. The SMILES string of the molecule is Cc1ccc(C(=O)CSc2ccccc2Cl)c(F)c1F. The highest BCUT2D eigenvalue weighted by molar-refractivity contribution is 8.00. The molecular formula is C15H11ClF2OS. The quantitative estimate of drug-likeness (QED) is 0.590. The van der Waals surface area contributed by atoms with Crippen LogP contribution in [0.2, 0.25) is 5.02 Å². The Morgan fingerprint density at radius 1 is 1.15 bits per heavy atom. The lowest BCUT2D eigenvalue weighted by molar-refractivity contribution is 0.101. The molecule has 0 atom stereocenters. The molecule has 0 aliphatic heterocycles. The summed E-state index contributed by atoms with van der Waals surface area (Å²) in [4.78, 5) is 12.7. The molecule has 0 saturated carbocycles. The van der Waals surface area contributed by atoms with Crippen molar-refractivity contribution in [3.05, 3.63) is 64.2 Å². The molecule has 0 bridgehead atoms. The summed E-state index contributed by atoms with van der Waals surface area (Å²) in [5, 5.41) is 0.529. The Labute approximate surface area is 125 Å². The summed E-state index contributed by atoms with van der Waals surface area (Å²) < 4.78 is 27.1. The fraction of sp³-hybridized carbons (Fsp3) is 0.133. The zero-order valence-corrected chi connectivity index (χ0v) is 12.2. The van der Waals surface area contributed by atoms with E-state index in [-0.39, 0.29) is 16.9 Å². The molecule has 0 amide bonds. The predicted octanol–water partition coefficient (Wildman–Crippen LogP) is 4.90. The van der Waals surface area contributed by atoms with Gasteiger partial charge in [-0.25, -0.2) is 8.78 Å². The summed E-state index contributed by atoms with van der Waals surface area (Å²) >= 11 is 7.16. The van der Waals surface area contributed by atoms with Crippen molar-refractivity contribution in [1.82, 2.24) is 0 Å². The Morgan fingerprint density at radius 3 is 2.55 bits per heavy atom. The van der Waals surface area contributed by atoms with E-state index in [0.717, 1.165) is 4.90 Å². The number of rotatable bonds is 4.